The number of allylic oxidation sites excluding steroid dienone is 9. The third kappa shape index (κ3) is 40.6. The smallest absolute Gasteiger partial charge is 0.186 e. The van der Waals surface area contributed by atoms with E-state index in [0.717, 1.165) is 49.7 Å². The highest BCUT2D eigenvalue weighted by Crippen LogP contribution is 2.33. The van der Waals surface area contributed by atoms with Crippen molar-refractivity contribution >= 4 is 42.5 Å². The Hall–Kier alpha value is -0.596. The largest absolute Gasteiger partial charge is 0.424 e. The molecule has 6 atom stereocenters. The minimum Gasteiger partial charge on any atom is -0.424 e. The summed E-state index contributed by atoms with van der Waals surface area (Å²) in [6, 6.07) is 4.20. The zero-order chi connectivity index (χ0) is 47.3. The van der Waals surface area contributed by atoms with Crippen LogP contribution in [0.25, 0.3) is 0 Å². The van der Waals surface area contributed by atoms with E-state index in [-0.39, 0.29) is 0 Å². The maximum Gasteiger partial charge on any atom is 0.186 e. The van der Waals surface area contributed by atoms with E-state index in [9.17, 15) is 0 Å². The van der Waals surface area contributed by atoms with E-state index in [1.54, 1.807) is 0 Å². The van der Waals surface area contributed by atoms with Gasteiger partial charge in [-0.3, -0.25) is 0 Å². The average Bonchev–Trinajstić information content (AvgIpc) is 3.24. The van der Waals surface area contributed by atoms with Gasteiger partial charge in [0.05, 0.1) is 16.1 Å². The Morgan fingerprint density at radius 2 is 1.23 bits per heavy atom. The molecule has 1 rings (SSSR count). The Morgan fingerprint density at radius 1 is 0.705 bits per heavy atom. The van der Waals surface area contributed by atoms with Crippen molar-refractivity contribution in [3.05, 3.63) is 74.4 Å². The van der Waals surface area contributed by atoms with Crippen molar-refractivity contribution in [2.75, 3.05) is 19.1 Å². The molecule has 0 N–H and O–H groups in total. The second kappa shape index (κ2) is 39.7. The molecule has 0 amide bonds. The van der Waals surface area contributed by atoms with E-state index < -0.39 is 42.5 Å². The van der Waals surface area contributed by atoms with Gasteiger partial charge in [0.15, 0.2) is 26.4 Å². The summed E-state index contributed by atoms with van der Waals surface area (Å²) in [4.78, 5) is 0. The topological polar surface area (TPSA) is 27.7 Å². The first kappa shape index (κ1) is 64.7. The van der Waals surface area contributed by atoms with Crippen LogP contribution in [-0.2, 0) is 13.3 Å². The van der Waals surface area contributed by atoms with Crippen LogP contribution in [0.2, 0.25) is 83.6 Å². The fraction of sp³-hybridized carbons (Fsp3) is 0.774. The van der Waals surface area contributed by atoms with Crippen LogP contribution in [0.5, 0.6) is 0 Å². The van der Waals surface area contributed by atoms with Crippen molar-refractivity contribution in [3.63, 3.8) is 0 Å². The summed E-state index contributed by atoms with van der Waals surface area (Å²) in [5.41, 5.74) is 0. The highest BCUT2D eigenvalue weighted by molar-refractivity contribution is 6.79. The molecule has 3 nitrogen and oxygen atoms in total. The van der Waals surface area contributed by atoms with Crippen LogP contribution in [0.3, 0.4) is 0 Å². The molecule has 8 heteroatoms. The minimum atomic E-state index is -1.44. The molecule has 1 fully saturated rings. The van der Waals surface area contributed by atoms with Crippen LogP contribution in [0, 0.1) is 35.5 Å². The highest BCUT2D eigenvalue weighted by atomic mass is 28.4. The predicted molar refractivity (Wildman–Crippen MR) is 297 cm³/mol. The maximum absolute atomic E-state index is 6.48. The van der Waals surface area contributed by atoms with Gasteiger partial charge in [0.25, 0.3) is 0 Å². The summed E-state index contributed by atoms with van der Waals surface area (Å²) in [6.45, 7) is 51.7. The Bertz CT molecular complexity index is 1130. The molecule has 0 saturated carbocycles. The molecule has 1 aliphatic heterocycles. The standard InChI is InChI=1S/2C18H38OSi2.C13H22.C4H12OSi/c1-7-9-10-18-12-14-21(5,6)19-16-20(3,4)13-11-17(8-2)15-18;1-8-11-12-17(9-2)15-18(10-3)13-14-21(6,7)16-19-20(4)5;1-5-9-10-13(8-4)11-12(6-2)7-3;1-4-5-6(2)3/h7,9,17-18H,8,10-16H2,1-6H3;8-9,11,17-18,20H,2,10,12-16H2,1,3-7H3;5-6,8-9,12-13H,2,4,7,10-11H2,1,3H3;6H,4H2,1-3H3/b9-7+;11-8+;9-5+;. The lowest BCUT2D eigenvalue weighted by molar-refractivity contribution is 0.339. The van der Waals surface area contributed by atoms with Crippen LogP contribution in [0.15, 0.2) is 74.4 Å². The predicted octanol–water partition coefficient (Wildman–Crippen LogP) is 17.4. The Balaban J connectivity index is -0.000000792. The van der Waals surface area contributed by atoms with E-state index in [1.165, 1.54) is 82.3 Å². The third-order valence-electron chi connectivity index (χ3n) is 12.4. The van der Waals surface area contributed by atoms with Crippen LogP contribution in [0.4, 0.5) is 0 Å². The lowest BCUT2D eigenvalue weighted by Gasteiger charge is -2.29. The van der Waals surface area contributed by atoms with Gasteiger partial charge < -0.3 is 13.3 Å². The first-order valence-electron chi connectivity index (χ1n) is 25.3. The van der Waals surface area contributed by atoms with Crippen LogP contribution in [-0.4, -0.2) is 61.6 Å². The van der Waals surface area contributed by atoms with Crippen molar-refractivity contribution in [2.45, 2.75) is 209 Å². The molecule has 0 aliphatic carbocycles. The van der Waals surface area contributed by atoms with Crippen molar-refractivity contribution in [2.24, 2.45) is 35.5 Å². The van der Waals surface area contributed by atoms with Crippen molar-refractivity contribution in [1.29, 1.82) is 0 Å². The Labute approximate surface area is 391 Å². The molecule has 6 unspecified atom stereocenters. The Kier molecular flexibility index (Phi) is 42.1. The maximum atomic E-state index is 6.48. The molecule has 1 heterocycles. The van der Waals surface area contributed by atoms with Gasteiger partial charge in [-0.25, -0.2) is 0 Å². The first-order valence-corrected chi connectivity index (χ1v) is 40.8. The Morgan fingerprint density at radius 3 is 1.66 bits per heavy atom. The molecule has 0 aromatic carbocycles. The molecule has 0 aromatic rings. The average molecular weight is 936 g/mol. The van der Waals surface area contributed by atoms with Crippen molar-refractivity contribution < 1.29 is 13.3 Å². The summed E-state index contributed by atoms with van der Waals surface area (Å²) in [5.74, 6) is 4.57. The van der Waals surface area contributed by atoms with Gasteiger partial charge >= 0.3 is 0 Å². The summed E-state index contributed by atoms with van der Waals surface area (Å²) < 4.78 is 17.7. The molecule has 0 aromatic heterocycles. The highest BCUT2D eigenvalue weighted by Gasteiger charge is 2.31. The van der Waals surface area contributed by atoms with E-state index in [1.807, 2.05) is 6.92 Å². The molecule has 0 spiro atoms. The third-order valence-corrected chi connectivity index (χ3v) is 22.4. The van der Waals surface area contributed by atoms with Gasteiger partial charge in [-0.2, -0.15) is 0 Å². The summed E-state index contributed by atoms with van der Waals surface area (Å²) in [5, 5.41) is 0. The van der Waals surface area contributed by atoms with Crippen molar-refractivity contribution in [3.8, 4) is 0 Å². The van der Waals surface area contributed by atoms with Gasteiger partial charge in [-0.05, 0) is 153 Å². The van der Waals surface area contributed by atoms with Crippen LogP contribution >= 0.6 is 0 Å². The van der Waals surface area contributed by atoms with Gasteiger partial charge in [-0.1, -0.05) is 146 Å². The van der Waals surface area contributed by atoms with Gasteiger partial charge in [0, 0.05) is 19.1 Å². The zero-order valence-corrected chi connectivity index (χ0v) is 49.7. The monoisotopic (exact) mass is 935 g/mol. The number of hydrogen-bond acceptors (Lipinski definition) is 3. The molecule has 1 aliphatic rings. The normalized spacial score (nSPS) is 20.3. The van der Waals surface area contributed by atoms with E-state index in [4.69, 9.17) is 13.3 Å². The quantitative estimate of drug-likeness (QED) is 0.0713. The minimum absolute atomic E-state index is 0.610. The molecule has 1 saturated heterocycles. The fourth-order valence-corrected chi connectivity index (χ4v) is 18.5. The fourth-order valence-electron chi connectivity index (χ4n) is 7.63. The lowest BCUT2D eigenvalue weighted by atomic mass is 9.87. The number of hydrogen-bond donors (Lipinski definition) is 0. The molecular formula is C53H110O3Si5. The summed E-state index contributed by atoms with van der Waals surface area (Å²) in [6.07, 6.45) is 37.3. The second-order valence-electron chi connectivity index (χ2n) is 20.8. The van der Waals surface area contributed by atoms with Gasteiger partial charge in [0.1, 0.15) is 0 Å². The molecule has 0 bridgehead atoms. The molecule has 360 valence electrons. The lowest BCUT2D eigenvalue weighted by Crippen LogP contribution is -2.40. The molecule has 61 heavy (non-hydrogen) atoms. The molecular weight excluding hydrogens is 825 g/mol. The SMILES string of the molecule is C/C=C/CC1CC[Si](C)(C)OC[Si](C)(C)CCC(CC)C1.C=CC(C/C=C/C)CC(CC)CC[Si](C)(C)CO[SiH](C)C.C=CC(CC)CC(C=C)C/C=C/C.CCO[SiH](C)C. The molecule has 0 radical (unpaired) electrons. The summed E-state index contributed by atoms with van der Waals surface area (Å²) >= 11 is 0. The van der Waals surface area contributed by atoms with Gasteiger partial charge in [-0.15, -0.1) is 19.7 Å². The first-order chi connectivity index (χ1) is 28.7. The van der Waals surface area contributed by atoms with Crippen LogP contribution in [0.1, 0.15) is 126 Å². The van der Waals surface area contributed by atoms with Gasteiger partial charge in [0.2, 0.25) is 0 Å². The van der Waals surface area contributed by atoms with E-state index in [0.29, 0.717) is 17.8 Å². The number of rotatable bonds is 24. The summed E-state index contributed by atoms with van der Waals surface area (Å²) in [7, 11) is -5.27. The van der Waals surface area contributed by atoms with E-state index >= 15 is 0 Å². The van der Waals surface area contributed by atoms with Crippen molar-refractivity contribution in [1.82, 2.24) is 0 Å². The van der Waals surface area contributed by atoms with Crippen LogP contribution < -0.4 is 0 Å². The zero-order valence-electron chi connectivity index (χ0n) is 44.4. The second-order valence-corrected chi connectivity index (χ2v) is 40.2. The van der Waals surface area contributed by atoms with E-state index in [2.05, 4.69) is 181 Å².